The van der Waals surface area contributed by atoms with Crippen molar-refractivity contribution in [1.29, 1.82) is 0 Å². The van der Waals surface area contributed by atoms with Crippen LogP contribution in [0.1, 0.15) is 30.4 Å². The van der Waals surface area contributed by atoms with E-state index in [0.29, 0.717) is 12.3 Å². The Balaban J connectivity index is 1.62. The van der Waals surface area contributed by atoms with Crippen LogP contribution in [0.5, 0.6) is 0 Å². The summed E-state index contributed by atoms with van der Waals surface area (Å²) in [5, 5.41) is 6.36. The summed E-state index contributed by atoms with van der Waals surface area (Å²) in [7, 11) is 0. The number of carbonyl (C=O) groups excluding carboxylic acids is 1. The van der Waals surface area contributed by atoms with Crippen LogP contribution in [0.25, 0.3) is 0 Å². The van der Waals surface area contributed by atoms with Gasteiger partial charge >= 0.3 is 0 Å². The zero-order valence-electron chi connectivity index (χ0n) is 11.7. The highest BCUT2D eigenvalue weighted by Gasteiger charge is 2.14. The van der Waals surface area contributed by atoms with Crippen LogP contribution in [0.3, 0.4) is 0 Å². The van der Waals surface area contributed by atoms with Gasteiger partial charge in [0.05, 0.1) is 0 Å². The second-order valence-corrected chi connectivity index (χ2v) is 5.44. The first-order valence-electron chi connectivity index (χ1n) is 7.27. The van der Waals surface area contributed by atoms with Crippen molar-refractivity contribution in [2.45, 2.75) is 32.6 Å². The van der Waals surface area contributed by atoms with Gasteiger partial charge in [0.2, 0.25) is 5.91 Å². The average Bonchev–Trinajstić information content (AvgIpc) is 2.92. The summed E-state index contributed by atoms with van der Waals surface area (Å²) in [4.78, 5) is 11.7. The lowest BCUT2D eigenvalue weighted by molar-refractivity contribution is -0.121. The number of aryl methyl sites for hydroxylation is 2. The number of hydrogen-bond donors (Lipinski definition) is 2. The van der Waals surface area contributed by atoms with Crippen molar-refractivity contribution < 1.29 is 4.79 Å². The molecule has 1 amide bonds. The minimum absolute atomic E-state index is 0.195. The summed E-state index contributed by atoms with van der Waals surface area (Å²) in [5.41, 5.74) is 2.68. The zero-order chi connectivity index (χ0) is 13.5. The second-order valence-electron chi connectivity index (χ2n) is 5.44. The first-order chi connectivity index (χ1) is 9.25. The predicted octanol–water partition coefficient (Wildman–Crippen LogP) is 2.04. The van der Waals surface area contributed by atoms with Gasteiger partial charge in [0.15, 0.2) is 0 Å². The molecule has 1 fully saturated rings. The summed E-state index contributed by atoms with van der Waals surface area (Å²) in [6.45, 7) is 5.09. The maximum Gasteiger partial charge on any atom is 0.220 e. The fourth-order valence-corrected chi connectivity index (χ4v) is 2.57. The van der Waals surface area contributed by atoms with E-state index >= 15 is 0 Å². The lowest BCUT2D eigenvalue weighted by Crippen LogP contribution is -2.30. The van der Waals surface area contributed by atoms with Gasteiger partial charge in [0.1, 0.15) is 0 Å². The molecule has 3 heteroatoms. The van der Waals surface area contributed by atoms with E-state index in [2.05, 4.69) is 41.8 Å². The summed E-state index contributed by atoms with van der Waals surface area (Å²) in [5.74, 6) is 0.820. The van der Waals surface area contributed by atoms with Gasteiger partial charge in [-0.2, -0.15) is 0 Å². The normalized spacial score (nSPS) is 18.5. The molecule has 0 aromatic heterocycles. The molecule has 1 aliphatic rings. The standard InChI is InChI=1S/C16H24N2O/c1-13-5-2-3-6-15(13)7-4-8-16(19)18-12-14-9-10-17-11-14/h2-3,5-6,14,17H,4,7-12H2,1H3,(H,18,19). The van der Waals surface area contributed by atoms with Gasteiger partial charge in [0.25, 0.3) is 0 Å². The van der Waals surface area contributed by atoms with E-state index in [0.717, 1.165) is 32.5 Å². The van der Waals surface area contributed by atoms with Crippen LogP contribution < -0.4 is 10.6 Å². The molecule has 3 nitrogen and oxygen atoms in total. The maximum absolute atomic E-state index is 11.7. The monoisotopic (exact) mass is 260 g/mol. The third kappa shape index (κ3) is 4.67. The van der Waals surface area contributed by atoms with Crippen molar-refractivity contribution in [3.8, 4) is 0 Å². The first kappa shape index (κ1) is 14.1. The lowest BCUT2D eigenvalue weighted by atomic mass is 10.0. The van der Waals surface area contributed by atoms with Crippen molar-refractivity contribution in [3.63, 3.8) is 0 Å². The molecule has 0 bridgehead atoms. The molecule has 1 aromatic rings. The molecular weight excluding hydrogens is 236 g/mol. The van der Waals surface area contributed by atoms with Crippen LogP contribution >= 0.6 is 0 Å². The molecule has 1 atom stereocenters. The largest absolute Gasteiger partial charge is 0.356 e. The van der Waals surface area contributed by atoms with E-state index in [1.165, 1.54) is 17.5 Å². The molecular formula is C16H24N2O. The van der Waals surface area contributed by atoms with Gasteiger partial charge in [-0.15, -0.1) is 0 Å². The van der Waals surface area contributed by atoms with Crippen LogP contribution in [0.15, 0.2) is 24.3 Å². The number of rotatable bonds is 6. The topological polar surface area (TPSA) is 41.1 Å². The molecule has 104 valence electrons. The lowest BCUT2D eigenvalue weighted by Gasteiger charge is -2.10. The molecule has 2 rings (SSSR count). The minimum Gasteiger partial charge on any atom is -0.356 e. The predicted molar refractivity (Wildman–Crippen MR) is 78.1 cm³/mol. The quantitative estimate of drug-likeness (QED) is 0.822. The number of benzene rings is 1. The molecule has 2 N–H and O–H groups in total. The highest BCUT2D eigenvalue weighted by molar-refractivity contribution is 5.75. The van der Waals surface area contributed by atoms with Gasteiger partial charge < -0.3 is 10.6 Å². The van der Waals surface area contributed by atoms with Gasteiger partial charge in [-0.25, -0.2) is 0 Å². The molecule has 0 radical (unpaired) electrons. The number of amides is 1. The Morgan fingerprint density at radius 3 is 3.00 bits per heavy atom. The number of carbonyl (C=O) groups is 1. The third-order valence-electron chi connectivity index (χ3n) is 3.86. The highest BCUT2D eigenvalue weighted by Crippen LogP contribution is 2.11. The van der Waals surface area contributed by atoms with E-state index in [-0.39, 0.29) is 5.91 Å². The van der Waals surface area contributed by atoms with Crippen molar-refractivity contribution in [2.75, 3.05) is 19.6 Å². The average molecular weight is 260 g/mol. The molecule has 1 saturated heterocycles. The smallest absolute Gasteiger partial charge is 0.220 e. The Morgan fingerprint density at radius 2 is 2.26 bits per heavy atom. The number of nitrogens with one attached hydrogen (secondary N) is 2. The fourth-order valence-electron chi connectivity index (χ4n) is 2.57. The van der Waals surface area contributed by atoms with E-state index in [4.69, 9.17) is 0 Å². The van der Waals surface area contributed by atoms with Crippen LogP contribution in [-0.2, 0) is 11.2 Å². The summed E-state index contributed by atoms with van der Waals surface area (Å²) in [6, 6.07) is 8.40. The van der Waals surface area contributed by atoms with Crippen molar-refractivity contribution in [1.82, 2.24) is 10.6 Å². The van der Waals surface area contributed by atoms with Gasteiger partial charge in [0, 0.05) is 13.0 Å². The van der Waals surface area contributed by atoms with Gasteiger partial charge in [-0.3, -0.25) is 4.79 Å². The molecule has 19 heavy (non-hydrogen) atoms. The summed E-state index contributed by atoms with van der Waals surface area (Å²) >= 11 is 0. The number of hydrogen-bond acceptors (Lipinski definition) is 2. The Morgan fingerprint density at radius 1 is 1.42 bits per heavy atom. The molecule has 0 saturated carbocycles. The van der Waals surface area contributed by atoms with Gasteiger partial charge in [-0.1, -0.05) is 24.3 Å². The van der Waals surface area contributed by atoms with Crippen molar-refractivity contribution in [2.24, 2.45) is 5.92 Å². The maximum atomic E-state index is 11.7. The Bertz CT molecular complexity index is 411. The van der Waals surface area contributed by atoms with Crippen LogP contribution in [0.2, 0.25) is 0 Å². The van der Waals surface area contributed by atoms with Crippen LogP contribution in [-0.4, -0.2) is 25.5 Å². The summed E-state index contributed by atoms with van der Waals surface area (Å²) < 4.78 is 0. The SMILES string of the molecule is Cc1ccccc1CCCC(=O)NCC1CCNC1. The van der Waals surface area contributed by atoms with E-state index in [1.54, 1.807) is 0 Å². The van der Waals surface area contributed by atoms with Gasteiger partial charge in [-0.05, 0) is 56.3 Å². The second kappa shape index (κ2) is 7.29. The molecule has 1 aliphatic heterocycles. The Hall–Kier alpha value is -1.35. The van der Waals surface area contributed by atoms with Crippen molar-refractivity contribution >= 4 is 5.91 Å². The van der Waals surface area contributed by atoms with Crippen LogP contribution in [0, 0.1) is 12.8 Å². The van der Waals surface area contributed by atoms with E-state index in [1.807, 2.05) is 0 Å². The minimum atomic E-state index is 0.195. The molecule has 0 spiro atoms. The van der Waals surface area contributed by atoms with Crippen LogP contribution in [0.4, 0.5) is 0 Å². The zero-order valence-corrected chi connectivity index (χ0v) is 11.7. The van der Waals surface area contributed by atoms with E-state index in [9.17, 15) is 4.79 Å². The summed E-state index contributed by atoms with van der Waals surface area (Å²) in [6.07, 6.45) is 3.74. The molecule has 0 aliphatic carbocycles. The Kier molecular flexibility index (Phi) is 5.40. The Labute approximate surface area is 115 Å². The van der Waals surface area contributed by atoms with E-state index < -0.39 is 0 Å². The fraction of sp³-hybridized carbons (Fsp3) is 0.562. The third-order valence-corrected chi connectivity index (χ3v) is 3.86. The first-order valence-corrected chi connectivity index (χ1v) is 7.27. The molecule has 1 heterocycles. The molecule has 1 aromatic carbocycles. The van der Waals surface area contributed by atoms with Crippen molar-refractivity contribution in [3.05, 3.63) is 35.4 Å². The molecule has 1 unspecified atom stereocenters. The highest BCUT2D eigenvalue weighted by atomic mass is 16.1.